The van der Waals surface area contributed by atoms with Crippen LogP contribution < -0.4 is 0 Å². The van der Waals surface area contributed by atoms with E-state index in [2.05, 4.69) is 0 Å². The minimum Gasteiger partial charge on any atom is -0.461 e. The van der Waals surface area contributed by atoms with Crippen LogP contribution in [0.15, 0.2) is 107 Å². The molecule has 0 aliphatic heterocycles. The zero-order valence-electron chi connectivity index (χ0n) is 32.4. The fraction of sp³-hybridized carbons (Fsp3) is 0.419. The van der Waals surface area contributed by atoms with Gasteiger partial charge in [0.15, 0.2) is 11.7 Å². The predicted octanol–water partition coefficient (Wildman–Crippen LogP) is 5.80. The highest BCUT2D eigenvalue weighted by Gasteiger charge is 2.70. The van der Waals surface area contributed by atoms with Crippen molar-refractivity contribution in [3.05, 3.63) is 120 Å². The van der Waals surface area contributed by atoms with Crippen LogP contribution in [0, 0.1) is 17.3 Å². The standard InChI is InChI=1S/C43H48O13/c1-25-23-31-35(54-38(47)30-17-12-9-13-18-30)26(2)36(55-39(48)32-19-14-22-51-32)43(31,56-28(4)45)40(49)42(7,50)21-20-41(5,6)34(52-27(3)44)24-33(25)53-37(46)29-15-10-8-11-16-29/h8-23,26,31,33-36,40,49-50H,24H2,1-7H3/b21-20+,25-23+/t26-,31+,33-,34-,35+,36+,40-,42-,43+/m1/s1. The number of fused-ring (bicyclic) bond motifs is 1. The van der Waals surface area contributed by atoms with Crippen molar-refractivity contribution in [3.8, 4) is 0 Å². The number of hydrogen-bond donors (Lipinski definition) is 2. The number of carbonyl (C=O) groups excluding carboxylic acids is 5. The number of rotatable bonds is 8. The molecule has 13 heteroatoms. The third kappa shape index (κ3) is 8.79. The van der Waals surface area contributed by atoms with Gasteiger partial charge < -0.3 is 38.3 Å². The van der Waals surface area contributed by atoms with E-state index in [-0.39, 0.29) is 23.3 Å². The van der Waals surface area contributed by atoms with Gasteiger partial charge in [0.25, 0.3) is 0 Å². The number of ether oxygens (including phenoxy) is 5. The third-order valence-corrected chi connectivity index (χ3v) is 10.5. The summed E-state index contributed by atoms with van der Waals surface area (Å²) in [6.07, 6.45) is -1.55. The van der Waals surface area contributed by atoms with Crippen molar-refractivity contribution >= 4 is 29.8 Å². The number of carbonyl (C=O) groups is 5. The molecule has 13 nitrogen and oxygen atoms in total. The number of benzene rings is 2. The summed E-state index contributed by atoms with van der Waals surface area (Å²) < 4.78 is 35.6. The van der Waals surface area contributed by atoms with Crippen molar-refractivity contribution in [2.45, 2.75) is 96.6 Å². The van der Waals surface area contributed by atoms with Gasteiger partial charge in [-0.2, -0.15) is 0 Å². The Kier molecular flexibility index (Phi) is 12.4. The van der Waals surface area contributed by atoms with Crippen molar-refractivity contribution in [1.29, 1.82) is 0 Å². The van der Waals surface area contributed by atoms with Crippen LogP contribution in [-0.4, -0.2) is 81.8 Å². The maximum absolute atomic E-state index is 13.8. The van der Waals surface area contributed by atoms with Crippen LogP contribution >= 0.6 is 0 Å². The van der Waals surface area contributed by atoms with Gasteiger partial charge in [-0.1, -0.05) is 75.4 Å². The molecule has 2 aliphatic carbocycles. The molecule has 1 aromatic heterocycles. The summed E-state index contributed by atoms with van der Waals surface area (Å²) in [5.41, 5.74) is -4.95. The molecule has 0 unspecified atom stereocenters. The van der Waals surface area contributed by atoms with E-state index in [1.807, 2.05) is 0 Å². The van der Waals surface area contributed by atoms with Crippen LogP contribution in [0.2, 0.25) is 0 Å². The quantitative estimate of drug-likeness (QED) is 0.159. The molecule has 0 amide bonds. The molecule has 5 rings (SSSR count). The van der Waals surface area contributed by atoms with Gasteiger partial charge in [0.1, 0.15) is 30.0 Å². The van der Waals surface area contributed by atoms with Gasteiger partial charge in [-0.25, -0.2) is 14.4 Å². The van der Waals surface area contributed by atoms with Crippen LogP contribution in [-0.2, 0) is 33.3 Å². The summed E-state index contributed by atoms with van der Waals surface area (Å²) in [4.78, 5) is 66.8. The molecule has 0 saturated heterocycles. The van der Waals surface area contributed by atoms with E-state index in [0.717, 1.165) is 6.92 Å². The summed E-state index contributed by atoms with van der Waals surface area (Å²) in [5, 5.41) is 24.8. The van der Waals surface area contributed by atoms with Crippen molar-refractivity contribution in [2.75, 3.05) is 0 Å². The van der Waals surface area contributed by atoms with Gasteiger partial charge in [-0.15, -0.1) is 0 Å². The molecule has 0 bridgehead atoms. The zero-order valence-corrected chi connectivity index (χ0v) is 32.4. The molecule has 2 aromatic carbocycles. The second-order valence-electron chi connectivity index (χ2n) is 15.2. The fourth-order valence-corrected chi connectivity index (χ4v) is 7.49. The highest BCUT2D eigenvalue weighted by atomic mass is 16.6. The lowest BCUT2D eigenvalue weighted by molar-refractivity contribution is -0.222. The van der Waals surface area contributed by atoms with E-state index < -0.39 is 88.8 Å². The molecular formula is C43H48O13. The third-order valence-electron chi connectivity index (χ3n) is 10.5. The maximum Gasteiger partial charge on any atom is 0.374 e. The van der Waals surface area contributed by atoms with Crippen LogP contribution in [0.25, 0.3) is 0 Å². The first-order chi connectivity index (χ1) is 26.4. The molecular weight excluding hydrogens is 724 g/mol. The van der Waals surface area contributed by atoms with Crippen LogP contribution in [0.5, 0.6) is 0 Å². The number of furan rings is 1. The molecule has 0 radical (unpaired) electrons. The lowest BCUT2D eigenvalue weighted by Crippen LogP contribution is -2.65. The van der Waals surface area contributed by atoms with Crippen LogP contribution in [0.1, 0.15) is 86.2 Å². The summed E-state index contributed by atoms with van der Waals surface area (Å²) in [6, 6.07) is 19.2. The van der Waals surface area contributed by atoms with Gasteiger partial charge in [0.2, 0.25) is 5.76 Å². The second-order valence-corrected chi connectivity index (χ2v) is 15.2. The first-order valence-corrected chi connectivity index (χ1v) is 18.3. The summed E-state index contributed by atoms with van der Waals surface area (Å²) in [7, 11) is 0. The SMILES string of the molecule is CC(=O)O[C@@H]1C[C@@H](OC(=O)c2ccccc2)/C(C)=C/[C@H]2[C@@H](OC(=O)c3ccccc3)[C@@H](C)[C@H](OC(=O)c3ccco3)[C@]2(OC(C)=O)[C@H](O)[C@](C)(O)/C=C/C1(C)C. The zero-order chi connectivity index (χ0) is 41.0. The Balaban J connectivity index is 1.78. The van der Waals surface area contributed by atoms with Gasteiger partial charge in [-0.3, -0.25) is 9.59 Å². The number of hydrogen-bond acceptors (Lipinski definition) is 13. The minimum absolute atomic E-state index is 0.0866. The first-order valence-electron chi connectivity index (χ1n) is 18.3. The lowest BCUT2D eigenvalue weighted by atomic mass is 9.72. The number of aliphatic hydroxyl groups excluding tert-OH is 1. The van der Waals surface area contributed by atoms with Crippen molar-refractivity contribution in [3.63, 3.8) is 0 Å². The summed E-state index contributed by atoms with van der Waals surface area (Å²) in [6.45, 7) is 10.3. The Morgan fingerprint density at radius 2 is 1.34 bits per heavy atom. The summed E-state index contributed by atoms with van der Waals surface area (Å²) in [5.74, 6) is -6.60. The van der Waals surface area contributed by atoms with E-state index in [4.69, 9.17) is 28.1 Å². The van der Waals surface area contributed by atoms with Gasteiger partial charge >= 0.3 is 29.8 Å². The average molecular weight is 773 g/mol. The molecule has 0 spiro atoms. The average Bonchev–Trinajstić information content (AvgIpc) is 3.77. The Morgan fingerprint density at radius 1 is 0.750 bits per heavy atom. The Labute approximate surface area is 325 Å². The van der Waals surface area contributed by atoms with E-state index in [9.17, 15) is 34.2 Å². The fourth-order valence-electron chi connectivity index (χ4n) is 7.49. The van der Waals surface area contributed by atoms with E-state index >= 15 is 0 Å². The molecule has 1 saturated carbocycles. The highest BCUT2D eigenvalue weighted by molar-refractivity contribution is 5.90. The molecule has 2 aliphatic rings. The van der Waals surface area contributed by atoms with Crippen LogP contribution in [0.3, 0.4) is 0 Å². The molecule has 56 heavy (non-hydrogen) atoms. The normalized spacial score (nSPS) is 31.4. The molecule has 2 N–H and O–H groups in total. The predicted molar refractivity (Wildman–Crippen MR) is 200 cm³/mol. The van der Waals surface area contributed by atoms with Crippen molar-refractivity contribution in [1.82, 2.24) is 0 Å². The molecule has 3 aromatic rings. The monoisotopic (exact) mass is 772 g/mol. The van der Waals surface area contributed by atoms with Crippen LogP contribution in [0.4, 0.5) is 0 Å². The smallest absolute Gasteiger partial charge is 0.374 e. The second kappa shape index (κ2) is 16.7. The molecule has 1 heterocycles. The summed E-state index contributed by atoms with van der Waals surface area (Å²) >= 11 is 0. The van der Waals surface area contributed by atoms with Gasteiger partial charge in [0.05, 0.1) is 23.3 Å². The Morgan fingerprint density at radius 3 is 1.88 bits per heavy atom. The van der Waals surface area contributed by atoms with E-state index in [1.54, 1.807) is 76.2 Å². The molecule has 298 valence electrons. The first kappa shape index (κ1) is 41.6. The Bertz CT molecular complexity index is 1950. The van der Waals surface area contributed by atoms with E-state index in [1.165, 1.54) is 62.6 Å². The van der Waals surface area contributed by atoms with Gasteiger partial charge in [0, 0.05) is 31.6 Å². The number of aliphatic hydroxyl groups is 2. The van der Waals surface area contributed by atoms with E-state index in [0.29, 0.717) is 5.57 Å². The largest absolute Gasteiger partial charge is 0.461 e. The number of esters is 5. The minimum atomic E-state index is -2.36. The molecule has 9 atom stereocenters. The van der Waals surface area contributed by atoms with Crippen molar-refractivity contribution < 1.29 is 62.3 Å². The Hall–Kier alpha value is -5.53. The van der Waals surface area contributed by atoms with Gasteiger partial charge in [-0.05, 0) is 55.8 Å². The molecule has 1 fully saturated rings. The lowest BCUT2D eigenvalue weighted by Gasteiger charge is -2.46. The van der Waals surface area contributed by atoms with Crippen molar-refractivity contribution in [2.24, 2.45) is 17.3 Å². The topological polar surface area (TPSA) is 185 Å². The maximum atomic E-state index is 13.8. The highest BCUT2D eigenvalue weighted by Crippen LogP contribution is 2.52.